The maximum atomic E-state index is 11.4. The van der Waals surface area contributed by atoms with Gasteiger partial charge in [0.25, 0.3) is 5.91 Å². The van der Waals surface area contributed by atoms with E-state index in [1.165, 1.54) is 12.8 Å². The summed E-state index contributed by atoms with van der Waals surface area (Å²) in [7, 11) is 0. The van der Waals surface area contributed by atoms with Gasteiger partial charge in [-0.15, -0.1) is 0 Å². The normalized spacial score (nSPS) is 14.5. The number of nitrogens with one attached hydrogen (secondary N) is 2. The third-order valence-corrected chi connectivity index (χ3v) is 3.06. The van der Waals surface area contributed by atoms with Crippen LogP contribution < -0.4 is 16.4 Å². The molecule has 0 bridgehead atoms. The van der Waals surface area contributed by atoms with Crippen molar-refractivity contribution >= 4 is 11.7 Å². The molecule has 0 saturated heterocycles. The smallest absolute Gasteiger partial charge is 0.252 e. The number of nitrogens with zero attached hydrogens (tertiary/aromatic N) is 1. The first-order valence-corrected chi connectivity index (χ1v) is 6.41. The standard InChI is InChI=1S/C13H20N4O/c1-9-5-8-17-13(11(9)12(14)18)16-7-2-6-15-10-3-4-10/h5,8,10,15H,2-4,6-7H2,1H3,(H2,14,18)(H,16,17). The van der Waals surface area contributed by atoms with Crippen LogP contribution in [-0.4, -0.2) is 30.0 Å². The minimum absolute atomic E-state index is 0.431. The molecule has 5 heteroatoms. The number of aromatic nitrogens is 1. The highest BCUT2D eigenvalue weighted by Crippen LogP contribution is 2.18. The summed E-state index contributed by atoms with van der Waals surface area (Å²) in [4.78, 5) is 15.5. The van der Waals surface area contributed by atoms with Gasteiger partial charge in [0, 0.05) is 18.8 Å². The van der Waals surface area contributed by atoms with Gasteiger partial charge >= 0.3 is 0 Å². The lowest BCUT2D eigenvalue weighted by molar-refractivity contribution is 0.1000. The van der Waals surface area contributed by atoms with Gasteiger partial charge in [-0.05, 0) is 44.4 Å². The average Bonchev–Trinajstić information content (AvgIpc) is 3.12. The molecule has 1 amide bonds. The molecular formula is C13H20N4O. The summed E-state index contributed by atoms with van der Waals surface area (Å²) in [6.07, 6.45) is 5.30. The summed E-state index contributed by atoms with van der Waals surface area (Å²) in [5, 5.41) is 6.62. The zero-order valence-electron chi connectivity index (χ0n) is 10.7. The number of hydrogen-bond donors (Lipinski definition) is 3. The van der Waals surface area contributed by atoms with E-state index in [9.17, 15) is 4.79 Å². The molecule has 1 aliphatic carbocycles. The molecule has 1 aromatic heterocycles. The van der Waals surface area contributed by atoms with Gasteiger partial charge in [0.1, 0.15) is 5.82 Å². The Morgan fingerprint density at radius 1 is 1.50 bits per heavy atom. The fourth-order valence-electron chi connectivity index (χ4n) is 1.89. The molecule has 0 aromatic carbocycles. The van der Waals surface area contributed by atoms with E-state index < -0.39 is 5.91 Å². The maximum absolute atomic E-state index is 11.4. The highest BCUT2D eigenvalue weighted by molar-refractivity contribution is 5.98. The van der Waals surface area contributed by atoms with Crippen molar-refractivity contribution in [3.63, 3.8) is 0 Å². The van der Waals surface area contributed by atoms with Gasteiger partial charge in [0.2, 0.25) is 0 Å². The Morgan fingerprint density at radius 2 is 2.28 bits per heavy atom. The lowest BCUT2D eigenvalue weighted by atomic mass is 10.1. The number of hydrogen-bond acceptors (Lipinski definition) is 4. The van der Waals surface area contributed by atoms with E-state index in [4.69, 9.17) is 5.73 Å². The quantitative estimate of drug-likeness (QED) is 0.630. The third kappa shape index (κ3) is 3.43. The lowest BCUT2D eigenvalue weighted by Crippen LogP contribution is -2.21. The molecule has 1 heterocycles. The molecule has 18 heavy (non-hydrogen) atoms. The Kier molecular flexibility index (Phi) is 4.15. The Bertz CT molecular complexity index is 429. The molecule has 1 aromatic rings. The van der Waals surface area contributed by atoms with Crippen molar-refractivity contribution < 1.29 is 4.79 Å². The second-order valence-electron chi connectivity index (χ2n) is 4.72. The van der Waals surface area contributed by atoms with Crippen LogP contribution in [0.3, 0.4) is 0 Å². The molecular weight excluding hydrogens is 228 g/mol. The van der Waals surface area contributed by atoms with Crippen molar-refractivity contribution in [1.29, 1.82) is 0 Å². The van der Waals surface area contributed by atoms with E-state index >= 15 is 0 Å². The largest absolute Gasteiger partial charge is 0.369 e. The molecule has 1 fully saturated rings. The molecule has 2 rings (SSSR count). The van der Waals surface area contributed by atoms with Crippen molar-refractivity contribution in [2.24, 2.45) is 5.73 Å². The summed E-state index contributed by atoms with van der Waals surface area (Å²) >= 11 is 0. The van der Waals surface area contributed by atoms with Gasteiger partial charge in [-0.1, -0.05) is 0 Å². The summed E-state index contributed by atoms with van der Waals surface area (Å²) in [5.74, 6) is 0.160. The Labute approximate surface area is 107 Å². The van der Waals surface area contributed by atoms with E-state index in [2.05, 4.69) is 15.6 Å². The molecule has 98 valence electrons. The summed E-state index contributed by atoms with van der Waals surface area (Å²) in [6, 6.07) is 2.53. The first-order valence-electron chi connectivity index (χ1n) is 6.41. The van der Waals surface area contributed by atoms with Gasteiger partial charge in [0.05, 0.1) is 5.56 Å². The van der Waals surface area contributed by atoms with Crippen LogP contribution in [0.15, 0.2) is 12.3 Å². The average molecular weight is 248 g/mol. The SMILES string of the molecule is Cc1ccnc(NCCCNC2CC2)c1C(N)=O. The predicted molar refractivity (Wildman–Crippen MR) is 71.6 cm³/mol. The molecule has 0 unspecified atom stereocenters. The van der Waals surface area contributed by atoms with E-state index in [1.807, 2.05) is 6.92 Å². The third-order valence-electron chi connectivity index (χ3n) is 3.06. The minimum atomic E-state index is -0.431. The number of primary amides is 1. The van der Waals surface area contributed by atoms with Crippen molar-refractivity contribution in [1.82, 2.24) is 10.3 Å². The summed E-state index contributed by atoms with van der Waals surface area (Å²) < 4.78 is 0. The number of carbonyl (C=O) groups excluding carboxylic acids is 1. The van der Waals surface area contributed by atoms with Gasteiger partial charge in [0.15, 0.2) is 0 Å². The highest BCUT2D eigenvalue weighted by Gasteiger charge is 2.19. The van der Waals surface area contributed by atoms with Crippen LogP contribution in [0.2, 0.25) is 0 Å². The van der Waals surface area contributed by atoms with Crippen LogP contribution >= 0.6 is 0 Å². The molecule has 0 radical (unpaired) electrons. The monoisotopic (exact) mass is 248 g/mol. The van der Waals surface area contributed by atoms with Crippen LogP contribution in [0.5, 0.6) is 0 Å². The molecule has 0 spiro atoms. The van der Waals surface area contributed by atoms with E-state index in [0.717, 1.165) is 31.1 Å². The van der Waals surface area contributed by atoms with Crippen LogP contribution in [0, 0.1) is 6.92 Å². The molecule has 4 N–H and O–H groups in total. The Balaban J connectivity index is 1.83. The van der Waals surface area contributed by atoms with Crippen LogP contribution in [0.4, 0.5) is 5.82 Å². The first kappa shape index (κ1) is 12.8. The maximum Gasteiger partial charge on any atom is 0.252 e. The number of anilines is 1. The number of nitrogens with two attached hydrogens (primary N) is 1. The van der Waals surface area contributed by atoms with Crippen LogP contribution in [-0.2, 0) is 0 Å². The number of rotatable bonds is 7. The van der Waals surface area contributed by atoms with Gasteiger partial charge in [-0.2, -0.15) is 0 Å². The number of pyridine rings is 1. The van der Waals surface area contributed by atoms with Crippen LogP contribution in [0.25, 0.3) is 0 Å². The van der Waals surface area contributed by atoms with E-state index in [1.54, 1.807) is 12.3 Å². The van der Waals surface area contributed by atoms with Crippen molar-refractivity contribution in [3.05, 3.63) is 23.4 Å². The van der Waals surface area contributed by atoms with Gasteiger partial charge in [-0.3, -0.25) is 4.79 Å². The fourth-order valence-corrected chi connectivity index (χ4v) is 1.89. The predicted octanol–water partition coefficient (Wildman–Crippen LogP) is 1.04. The zero-order chi connectivity index (χ0) is 13.0. The van der Waals surface area contributed by atoms with E-state index in [-0.39, 0.29) is 0 Å². The first-order chi connectivity index (χ1) is 8.68. The molecule has 1 aliphatic rings. The topological polar surface area (TPSA) is 80.0 Å². The lowest BCUT2D eigenvalue weighted by Gasteiger charge is -2.11. The molecule has 0 atom stereocenters. The summed E-state index contributed by atoms with van der Waals surface area (Å²) in [5.41, 5.74) is 6.71. The van der Waals surface area contributed by atoms with Gasteiger partial charge < -0.3 is 16.4 Å². The van der Waals surface area contributed by atoms with Crippen molar-refractivity contribution in [3.8, 4) is 0 Å². The number of carbonyl (C=O) groups is 1. The zero-order valence-corrected chi connectivity index (χ0v) is 10.7. The van der Waals surface area contributed by atoms with Crippen LogP contribution in [0.1, 0.15) is 35.2 Å². The van der Waals surface area contributed by atoms with Crippen molar-refractivity contribution in [2.75, 3.05) is 18.4 Å². The van der Waals surface area contributed by atoms with E-state index in [0.29, 0.717) is 11.4 Å². The number of aryl methyl sites for hydroxylation is 1. The molecule has 1 saturated carbocycles. The fraction of sp³-hybridized carbons (Fsp3) is 0.538. The van der Waals surface area contributed by atoms with Gasteiger partial charge in [-0.25, -0.2) is 4.98 Å². The second kappa shape index (κ2) is 5.82. The Hall–Kier alpha value is -1.62. The Morgan fingerprint density at radius 3 is 2.94 bits per heavy atom. The number of amides is 1. The van der Waals surface area contributed by atoms with Crippen molar-refractivity contribution in [2.45, 2.75) is 32.2 Å². The minimum Gasteiger partial charge on any atom is -0.369 e. The highest BCUT2D eigenvalue weighted by atomic mass is 16.1. The summed E-state index contributed by atoms with van der Waals surface area (Å²) in [6.45, 7) is 3.65. The molecule has 0 aliphatic heterocycles. The second-order valence-corrected chi connectivity index (χ2v) is 4.72. The molecule has 5 nitrogen and oxygen atoms in total.